The SMILES string of the molecule is CC(CC(=O)Oc1cccc(NC(=O)C2CC2)c1)NC(=O)c1ccccc1. The second-order valence-electron chi connectivity index (χ2n) is 6.71. The van der Waals surface area contributed by atoms with Crippen LogP contribution in [0.2, 0.25) is 0 Å². The molecule has 6 nitrogen and oxygen atoms in total. The highest BCUT2D eigenvalue weighted by Gasteiger charge is 2.29. The summed E-state index contributed by atoms with van der Waals surface area (Å²) in [5, 5.41) is 5.59. The van der Waals surface area contributed by atoms with Crippen molar-refractivity contribution < 1.29 is 19.1 Å². The van der Waals surface area contributed by atoms with Gasteiger partial charge in [-0.3, -0.25) is 14.4 Å². The van der Waals surface area contributed by atoms with Crippen LogP contribution in [-0.2, 0) is 9.59 Å². The number of rotatable bonds is 7. The molecule has 1 fully saturated rings. The zero-order chi connectivity index (χ0) is 19.2. The number of carbonyl (C=O) groups is 3. The summed E-state index contributed by atoms with van der Waals surface area (Å²) < 4.78 is 5.33. The van der Waals surface area contributed by atoms with Crippen LogP contribution in [0.25, 0.3) is 0 Å². The molecule has 140 valence electrons. The lowest BCUT2D eigenvalue weighted by atomic mass is 10.2. The number of hydrogen-bond donors (Lipinski definition) is 2. The highest BCUT2D eigenvalue weighted by Crippen LogP contribution is 2.30. The van der Waals surface area contributed by atoms with Gasteiger partial charge in [0.05, 0.1) is 6.42 Å². The molecular formula is C21H22N2O4. The first-order valence-corrected chi connectivity index (χ1v) is 8.99. The topological polar surface area (TPSA) is 84.5 Å². The Hall–Kier alpha value is -3.15. The van der Waals surface area contributed by atoms with E-state index >= 15 is 0 Å². The van der Waals surface area contributed by atoms with Crippen molar-refractivity contribution in [1.82, 2.24) is 5.32 Å². The number of amides is 2. The Kier molecular flexibility index (Phi) is 5.86. The van der Waals surface area contributed by atoms with Crippen LogP contribution < -0.4 is 15.4 Å². The Balaban J connectivity index is 1.49. The number of benzene rings is 2. The standard InChI is InChI=1S/C21H22N2O4/c1-14(22-20(25)15-6-3-2-4-7-15)12-19(24)27-18-9-5-8-17(13-18)23-21(26)16-10-11-16/h2-9,13-14,16H,10-12H2,1H3,(H,22,25)(H,23,26). The van der Waals surface area contributed by atoms with Gasteiger partial charge in [0.1, 0.15) is 5.75 Å². The molecule has 0 aromatic heterocycles. The first-order valence-electron chi connectivity index (χ1n) is 8.99. The van der Waals surface area contributed by atoms with Crippen molar-refractivity contribution in [2.45, 2.75) is 32.2 Å². The first-order chi connectivity index (χ1) is 13.0. The maximum Gasteiger partial charge on any atom is 0.313 e. The molecule has 1 atom stereocenters. The van der Waals surface area contributed by atoms with Gasteiger partial charge in [0.15, 0.2) is 0 Å². The summed E-state index contributed by atoms with van der Waals surface area (Å²) in [5.41, 5.74) is 1.14. The predicted octanol–water partition coefficient (Wildman–Crippen LogP) is 3.15. The first kappa shape index (κ1) is 18.6. The van der Waals surface area contributed by atoms with Crippen molar-refractivity contribution in [1.29, 1.82) is 0 Å². The van der Waals surface area contributed by atoms with Crippen LogP contribution in [-0.4, -0.2) is 23.8 Å². The molecule has 0 radical (unpaired) electrons. The van der Waals surface area contributed by atoms with E-state index in [0.717, 1.165) is 12.8 Å². The van der Waals surface area contributed by atoms with Gasteiger partial charge in [-0.25, -0.2) is 0 Å². The van der Waals surface area contributed by atoms with Gasteiger partial charge in [-0.1, -0.05) is 24.3 Å². The van der Waals surface area contributed by atoms with Crippen LogP contribution in [0.3, 0.4) is 0 Å². The van der Waals surface area contributed by atoms with Gasteiger partial charge in [-0.2, -0.15) is 0 Å². The molecule has 0 bridgehead atoms. The predicted molar refractivity (Wildman–Crippen MR) is 101 cm³/mol. The average molecular weight is 366 g/mol. The molecule has 2 aromatic rings. The number of carbonyl (C=O) groups excluding carboxylic acids is 3. The third-order valence-corrected chi connectivity index (χ3v) is 4.17. The highest BCUT2D eigenvalue weighted by atomic mass is 16.5. The highest BCUT2D eigenvalue weighted by molar-refractivity contribution is 5.95. The normalized spacial score (nSPS) is 14.1. The van der Waals surface area contributed by atoms with Crippen LogP contribution in [0.1, 0.15) is 36.5 Å². The average Bonchev–Trinajstić information content (AvgIpc) is 3.47. The zero-order valence-electron chi connectivity index (χ0n) is 15.1. The van der Waals surface area contributed by atoms with E-state index in [1.807, 2.05) is 6.07 Å². The summed E-state index contributed by atoms with van der Waals surface area (Å²) in [7, 11) is 0. The fraction of sp³-hybridized carbons (Fsp3) is 0.286. The van der Waals surface area contributed by atoms with E-state index in [1.54, 1.807) is 55.5 Å². The van der Waals surface area contributed by atoms with Crippen LogP contribution in [0, 0.1) is 5.92 Å². The minimum absolute atomic E-state index is 0.00396. The smallest absolute Gasteiger partial charge is 0.313 e. The molecule has 0 spiro atoms. The monoisotopic (exact) mass is 366 g/mol. The molecule has 0 aliphatic heterocycles. The maximum atomic E-state index is 12.1. The van der Waals surface area contributed by atoms with E-state index in [1.165, 1.54) is 0 Å². The summed E-state index contributed by atoms with van der Waals surface area (Å²) in [6.07, 6.45) is 1.89. The molecule has 1 unspecified atom stereocenters. The van der Waals surface area contributed by atoms with Crippen LogP contribution in [0.15, 0.2) is 54.6 Å². The van der Waals surface area contributed by atoms with Crippen molar-refractivity contribution in [2.75, 3.05) is 5.32 Å². The Morgan fingerprint density at radius 1 is 1.07 bits per heavy atom. The number of nitrogens with one attached hydrogen (secondary N) is 2. The quantitative estimate of drug-likeness (QED) is 0.582. The van der Waals surface area contributed by atoms with Crippen molar-refractivity contribution >= 4 is 23.5 Å². The van der Waals surface area contributed by atoms with Crippen LogP contribution in [0.5, 0.6) is 5.75 Å². The second-order valence-corrected chi connectivity index (χ2v) is 6.71. The zero-order valence-corrected chi connectivity index (χ0v) is 15.1. The van der Waals surface area contributed by atoms with Crippen molar-refractivity contribution in [2.24, 2.45) is 5.92 Å². The minimum atomic E-state index is -0.457. The third kappa shape index (κ3) is 5.67. The Morgan fingerprint density at radius 2 is 1.81 bits per heavy atom. The number of esters is 1. The van der Waals surface area contributed by atoms with E-state index in [-0.39, 0.29) is 30.2 Å². The fourth-order valence-corrected chi connectivity index (χ4v) is 2.60. The van der Waals surface area contributed by atoms with Gasteiger partial charge in [-0.15, -0.1) is 0 Å². The summed E-state index contributed by atoms with van der Waals surface area (Å²) in [6.45, 7) is 1.74. The Labute approximate surface area is 157 Å². The molecule has 0 saturated heterocycles. The molecule has 0 heterocycles. The third-order valence-electron chi connectivity index (χ3n) is 4.17. The Bertz CT molecular complexity index is 831. The van der Waals surface area contributed by atoms with E-state index in [4.69, 9.17) is 4.74 Å². The van der Waals surface area contributed by atoms with Crippen molar-refractivity contribution in [3.8, 4) is 5.75 Å². The Morgan fingerprint density at radius 3 is 2.52 bits per heavy atom. The molecule has 6 heteroatoms. The molecule has 2 aromatic carbocycles. The molecule has 1 saturated carbocycles. The number of ether oxygens (including phenoxy) is 1. The summed E-state index contributed by atoms with van der Waals surface area (Å²) in [4.78, 5) is 36.0. The van der Waals surface area contributed by atoms with Gasteiger partial charge in [0, 0.05) is 29.3 Å². The lowest BCUT2D eigenvalue weighted by Crippen LogP contribution is -2.35. The van der Waals surface area contributed by atoms with Gasteiger partial charge >= 0.3 is 5.97 Å². The van der Waals surface area contributed by atoms with Gasteiger partial charge in [0.2, 0.25) is 5.91 Å². The minimum Gasteiger partial charge on any atom is -0.426 e. The molecule has 1 aliphatic rings. The molecular weight excluding hydrogens is 344 g/mol. The van der Waals surface area contributed by atoms with E-state index in [9.17, 15) is 14.4 Å². The van der Waals surface area contributed by atoms with E-state index in [2.05, 4.69) is 10.6 Å². The molecule has 27 heavy (non-hydrogen) atoms. The van der Waals surface area contributed by atoms with Gasteiger partial charge in [0.25, 0.3) is 5.91 Å². The molecule has 3 rings (SSSR count). The summed E-state index contributed by atoms with van der Waals surface area (Å²) in [5.74, 6) is -0.238. The maximum absolute atomic E-state index is 12.1. The fourth-order valence-electron chi connectivity index (χ4n) is 2.60. The van der Waals surface area contributed by atoms with Crippen molar-refractivity contribution in [3.05, 3.63) is 60.2 Å². The number of hydrogen-bond acceptors (Lipinski definition) is 4. The lowest BCUT2D eigenvalue weighted by molar-refractivity contribution is -0.134. The van der Waals surface area contributed by atoms with Crippen LogP contribution >= 0.6 is 0 Å². The lowest BCUT2D eigenvalue weighted by Gasteiger charge is -2.14. The van der Waals surface area contributed by atoms with E-state index < -0.39 is 5.97 Å². The van der Waals surface area contributed by atoms with Gasteiger partial charge in [-0.05, 0) is 44.0 Å². The number of anilines is 1. The van der Waals surface area contributed by atoms with E-state index in [0.29, 0.717) is 17.0 Å². The second kappa shape index (κ2) is 8.49. The summed E-state index contributed by atoms with van der Waals surface area (Å²) in [6, 6.07) is 15.2. The molecule has 1 aliphatic carbocycles. The molecule has 2 N–H and O–H groups in total. The largest absolute Gasteiger partial charge is 0.426 e. The summed E-state index contributed by atoms with van der Waals surface area (Å²) >= 11 is 0. The molecule has 2 amide bonds. The van der Waals surface area contributed by atoms with Gasteiger partial charge < -0.3 is 15.4 Å². The van der Waals surface area contributed by atoms with Crippen molar-refractivity contribution in [3.63, 3.8) is 0 Å². The van der Waals surface area contributed by atoms with Crippen LogP contribution in [0.4, 0.5) is 5.69 Å².